The topological polar surface area (TPSA) is 12.9 Å². The molecule has 2 heteroatoms. The fourth-order valence-corrected chi connectivity index (χ4v) is 1.65. The first-order valence-electron chi connectivity index (χ1n) is 3.76. The molecule has 0 spiro atoms. The predicted octanol–water partition coefficient (Wildman–Crippen LogP) is 2.92. The summed E-state index contributed by atoms with van der Waals surface area (Å²) in [7, 11) is 0. The number of hydrogen-bond acceptors (Lipinski definition) is 2. The third-order valence-electron chi connectivity index (χ3n) is 1.76. The van der Waals surface area contributed by atoms with Gasteiger partial charge in [0.1, 0.15) is 0 Å². The van der Waals surface area contributed by atoms with Gasteiger partial charge in [0.15, 0.2) is 0 Å². The Morgan fingerprint density at radius 2 is 2.33 bits per heavy atom. The standard InChI is InChI=1S/C10H8NS/c1-8-4-2-3-5-9(8)10-6-7-12-11-10/h2-4,6-7H,1H3. The molecule has 12 heavy (non-hydrogen) atoms. The predicted molar refractivity (Wildman–Crippen MR) is 51.1 cm³/mol. The summed E-state index contributed by atoms with van der Waals surface area (Å²) in [6.45, 7) is 2.07. The van der Waals surface area contributed by atoms with E-state index in [-0.39, 0.29) is 0 Å². The van der Waals surface area contributed by atoms with Crippen molar-refractivity contribution in [2.45, 2.75) is 6.92 Å². The lowest BCUT2D eigenvalue weighted by Gasteiger charge is -1.98. The maximum absolute atomic E-state index is 4.26. The zero-order chi connectivity index (χ0) is 8.39. The van der Waals surface area contributed by atoms with Gasteiger partial charge in [0.2, 0.25) is 0 Å². The van der Waals surface area contributed by atoms with Crippen LogP contribution >= 0.6 is 11.5 Å². The van der Waals surface area contributed by atoms with E-state index in [1.54, 1.807) is 0 Å². The largest absolute Gasteiger partial charge is 0.193 e. The minimum Gasteiger partial charge on any atom is -0.193 e. The SMILES string of the molecule is Cc1ccc[c]c1-c1ccsn1. The van der Waals surface area contributed by atoms with Crippen LogP contribution in [0.25, 0.3) is 11.3 Å². The van der Waals surface area contributed by atoms with Gasteiger partial charge in [0.25, 0.3) is 0 Å². The highest BCUT2D eigenvalue weighted by Gasteiger charge is 2.01. The number of hydrogen-bond donors (Lipinski definition) is 0. The Balaban J connectivity index is 2.55. The molecule has 0 amide bonds. The lowest BCUT2D eigenvalue weighted by atomic mass is 10.1. The summed E-state index contributed by atoms with van der Waals surface area (Å²) in [5.41, 5.74) is 3.36. The van der Waals surface area contributed by atoms with Gasteiger partial charge in [-0.3, -0.25) is 0 Å². The van der Waals surface area contributed by atoms with E-state index < -0.39 is 0 Å². The zero-order valence-electron chi connectivity index (χ0n) is 6.74. The minimum absolute atomic E-state index is 1.03. The number of benzene rings is 1. The van der Waals surface area contributed by atoms with E-state index in [9.17, 15) is 0 Å². The van der Waals surface area contributed by atoms with Crippen LogP contribution in [0.2, 0.25) is 0 Å². The molecule has 1 heterocycles. The van der Waals surface area contributed by atoms with Crippen LogP contribution in [0.4, 0.5) is 0 Å². The van der Waals surface area contributed by atoms with Crippen LogP contribution in [0.3, 0.4) is 0 Å². The van der Waals surface area contributed by atoms with Crippen molar-refractivity contribution in [2.24, 2.45) is 0 Å². The van der Waals surface area contributed by atoms with Crippen molar-refractivity contribution in [1.29, 1.82) is 0 Å². The number of rotatable bonds is 1. The fraction of sp³-hybridized carbons (Fsp3) is 0.100. The van der Waals surface area contributed by atoms with E-state index >= 15 is 0 Å². The van der Waals surface area contributed by atoms with Gasteiger partial charge >= 0.3 is 0 Å². The van der Waals surface area contributed by atoms with Crippen LogP contribution in [0.15, 0.2) is 29.6 Å². The van der Waals surface area contributed by atoms with Crippen molar-refractivity contribution < 1.29 is 0 Å². The van der Waals surface area contributed by atoms with E-state index in [1.165, 1.54) is 17.1 Å². The van der Waals surface area contributed by atoms with Crippen molar-refractivity contribution in [3.05, 3.63) is 41.3 Å². The van der Waals surface area contributed by atoms with Crippen molar-refractivity contribution in [1.82, 2.24) is 4.37 Å². The van der Waals surface area contributed by atoms with E-state index in [0.29, 0.717) is 0 Å². The number of aryl methyl sites for hydroxylation is 1. The highest BCUT2D eigenvalue weighted by molar-refractivity contribution is 7.03. The highest BCUT2D eigenvalue weighted by Crippen LogP contribution is 2.21. The van der Waals surface area contributed by atoms with Crippen LogP contribution in [-0.4, -0.2) is 4.37 Å². The molecular weight excluding hydrogens is 166 g/mol. The molecule has 1 nitrogen and oxygen atoms in total. The lowest BCUT2D eigenvalue weighted by molar-refractivity contribution is 1.42. The number of aromatic nitrogens is 1. The maximum Gasteiger partial charge on any atom is 0.0849 e. The molecule has 0 aliphatic heterocycles. The summed E-state index contributed by atoms with van der Waals surface area (Å²) in [6, 6.07) is 11.2. The Labute approximate surface area is 75.9 Å². The second-order valence-corrected chi connectivity index (χ2v) is 3.28. The lowest BCUT2D eigenvalue weighted by Crippen LogP contribution is -1.81. The Hall–Kier alpha value is -1.15. The van der Waals surface area contributed by atoms with Crippen LogP contribution in [0.5, 0.6) is 0 Å². The first kappa shape index (κ1) is 7.50. The average Bonchev–Trinajstić information content (AvgIpc) is 2.57. The summed E-state index contributed by atoms with van der Waals surface area (Å²) in [6.07, 6.45) is 0. The van der Waals surface area contributed by atoms with Gasteiger partial charge in [-0.15, -0.1) is 0 Å². The van der Waals surface area contributed by atoms with E-state index in [1.807, 2.05) is 23.6 Å². The molecule has 0 aliphatic carbocycles. The molecule has 0 fully saturated rings. The van der Waals surface area contributed by atoms with Gasteiger partial charge < -0.3 is 0 Å². The van der Waals surface area contributed by atoms with Crippen LogP contribution < -0.4 is 0 Å². The molecule has 0 saturated heterocycles. The van der Waals surface area contributed by atoms with E-state index in [2.05, 4.69) is 23.4 Å². The quantitative estimate of drug-likeness (QED) is 0.647. The molecule has 1 aromatic heterocycles. The highest BCUT2D eigenvalue weighted by atomic mass is 32.1. The summed E-state index contributed by atoms with van der Waals surface area (Å²) in [5, 5.41) is 1.98. The second kappa shape index (κ2) is 3.07. The van der Waals surface area contributed by atoms with Crippen LogP contribution in [-0.2, 0) is 0 Å². The van der Waals surface area contributed by atoms with Crippen LogP contribution in [0.1, 0.15) is 5.56 Å². The smallest absolute Gasteiger partial charge is 0.0849 e. The molecule has 59 valence electrons. The van der Waals surface area contributed by atoms with Gasteiger partial charge in [-0.1, -0.05) is 18.2 Å². The molecule has 1 aromatic carbocycles. The maximum atomic E-state index is 4.26. The Kier molecular flexibility index (Phi) is 1.92. The molecule has 0 aliphatic rings. The van der Waals surface area contributed by atoms with Crippen molar-refractivity contribution in [3.8, 4) is 11.3 Å². The van der Waals surface area contributed by atoms with Crippen molar-refractivity contribution >= 4 is 11.5 Å². The third kappa shape index (κ3) is 1.25. The molecule has 2 rings (SSSR count). The van der Waals surface area contributed by atoms with E-state index in [4.69, 9.17) is 0 Å². The normalized spacial score (nSPS) is 10.1. The molecular formula is C10H8NS. The minimum atomic E-state index is 1.03. The van der Waals surface area contributed by atoms with Gasteiger partial charge in [0.05, 0.1) is 5.69 Å². The Bertz CT molecular complexity index is 365. The van der Waals surface area contributed by atoms with Crippen molar-refractivity contribution in [3.63, 3.8) is 0 Å². The second-order valence-electron chi connectivity index (χ2n) is 2.61. The molecule has 2 aromatic rings. The average molecular weight is 174 g/mol. The van der Waals surface area contributed by atoms with Gasteiger partial charge in [0, 0.05) is 10.9 Å². The first-order chi connectivity index (χ1) is 5.88. The summed E-state index contributed by atoms with van der Waals surface area (Å²) < 4.78 is 4.26. The molecule has 0 saturated carbocycles. The molecule has 0 atom stereocenters. The molecule has 0 unspecified atom stereocenters. The Morgan fingerprint density at radius 3 is 3.00 bits per heavy atom. The number of nitrogens with zero attached hydrogens (tertiary/aromatic N) is 1. The fourth-order valence-electron chi connectivity index (χ4n) is 1.14. The molecule has 0 bridgehead atoms. The summed E-state index contributed by atoms with van der Waals surface area (Å²) >= 11 is 1.47. The zero-order valence-corrected chi connectivity index (χ0v) is 7.56. The van der Waals surface area contributed by atoms with E-state index in [0.717, 1.165) is 11.3 Å². The first-order valence-corrected chi connectivity index (χ1v) is 4.59. The third-order valence-corrected chi connectivity index (χ3v) is 2.32. The monoisotopic (exact) mass is 174 g/mol. The summed E-state index contributed by atoms with van der Waals surface area (Å²) in [4.78, 5) is 0. The molecule has 0 N–H and O–H groups in total. The van der Waals surface area contributed by atoms with Gasteiger partial charge in [-0.05, 0) is 36.2 Å². The Morgan fingerprint density at radius 1 is 1.42 bits per heavy atom. The van der Waals surface area contributed by atoms with Gasteiger partial charge in [-0.2, -0.15) is 4.37 Å². The van der Waals surface area contributed by atoms with Gasteiger partial charge in [-0.25, -0.2) is 0 Å². The summed E-state index contributed by atoms with van der Waals surface area (Å²) in [5.74, 6) is 0. The van der Waals surface area contributed by atoms with Crippen molar-refractivity contribution in [2.75, 3.05) is 0 Å². The van der Waals surface area contributed by atoms with Crippen LogP contribution in [0, 0.1) is 13.0 Å². The molecule has 1 radical (unpaired) electrons.